The number of pyridine rings is 1. The number of benzene rings is 1. The first-order chi connectivity index (χ1) is 12.5. The number of Topliss-reactive ketones (excluding diaryl/α,β-unsaturated/α-hetero) is 1. The Balaban J connectivity index is 1.80. The molecule has 0 unspecified atom stereocenters. The highest BCUT2D eigenvalue weighted by atomic mass is 16.2. The van der Waals surface area contributed by atoms with Crippen LogP contribution in [-0.4, -0.2) is 33.3 Å². The first-order valence-corrected chi connectivity index (χ1v) is 8.12. The van der Waals surface area contributed by atoms with Crippen molar-refractivity contribution in [2.24, 2.45) is 0 Å². The fraction of sp³-hybridized carbons (Fsp3) is 0.167. The van der Waals surface area contributed by atoms with Crippen molar-refractivity contribution in [3.63, 3.8) is 0 Å². The van der Waals surface area contributed by atoms with Crippen LogP contribution >= 0.6 is 0 Å². The van der Waals surface area contributed by atoms with E-state index in [1.54, 1.807) is 42.6 Å². The third-order valence-electron chi connectivity index (χ3n) is 3.55. The highest BCUT2D eigenvalue weighted by molar-refractivity contribution is 5.94. The Morgan fingerprint density at radius 2 is 1.73 bits per heavy atom. The summed E-state index contributed by atoms with van der Waals surface area (Å²) in [6, 6.07) is 10.2. The van der Waals surface area contributed by atoms with Crippen LogP contribution in [0.2, 0.25) is 0 Å². The van der Waals surface area contributed by atoms with Gasteiger partial charge >= 0.3 is 6.03 Å². The molecule has 8 nitrogen and oxygen atoms in total. The van der Waals surface area contributed by atoms with Crippen LogP contribution in [0.5, 0.6) is 0 Å². The van der Waals surface area contributed by atoms with Crippen LogP contribution < -0.4 is 16.0 Å². The second-order valence-electron chi connectivity index (χ2n) is 5.54. The van der Waals surface area contributed by atoms with Crippen molar-refractivity contribution >= 4 is 40.3 Å². The molecule has 0 aliphatic carbocycles. The van der Waals surface area contributed by atoms with E-state index < -0.39 is 0 Å². The van der Waals surface area contributed by atoms with E-state index >= 15 is 0 Å². The summed E-state index contributed by atoms with van der Waals surface area (Å²) in [6.07, 6.45) is 1.60. The molecular weight excluding hydrogens is 332 g/mol. The van der Waals surface area contributed by atoms with E-state index in [0.717, 1.165) is 5.69 Å². The smallest absolute Gasteiger partial charge is 0.320 e. The number of amides is 2. The summed E-state index contributed by atoms with van der Waals surface area (Å²) in [5, 5.41) is 8.39. The zero-order chi connectivity index (χ0) is 18.5. The average Bonchev–Trinajstić information content (AvgIpc) is 2.62. The van der Waals surface area contributed by atoms with Crippen molar-refractivity contribution in [3.8, 4) is 0 Å². The van der Waals surface area contributed by atoms with Crippen LogP contribution in [0, 0.1) is 0 Å². The van der Waals surface area contributed by atoms with Crippen molar-refractivity contribution in [1.82, 2.24) is 20.3 Å². The summed E-state index contributed by atoms with van der Waals surface area (Å²) in [6.45, 7) is 3.88. The van der Waals surface area contributed by atoms with E-state index in [-0.39, 0.29) is 11.8 Å². The van der Waals surface area contributed by atoms with Gasteiger partial charge in [-0.3, -0.25) is 10.1 Å². The number of hydrogen-bond donors (Lipinski definition) is 3. The molecule has 1 aromatic carbocycles. The van der Waals surface area contributed by atoms with Crippen molar-refractivity contribution < 1.29 is 9.59 Å². The van der Waals surface area contributed by atoms with Crippen LogP contribution in [-0.2, 0) is 0 Å². The van der Waals surface area contributed by atoms with Gasteiger partial charge in [0, 0.05) is 17.8 Å². The minimum Gasteiger partial charge on any atom is -0.339 e. The molecule has 2 aromatic heterocycles. The van der Waals surface area contributed by atoms with Gasteiger partial charge in [-0.1, -0.05) is 0 Å². The van der Waals surface area contributed by atoms with Gasteiger partial charge in [-0.15, -0.1) is 0 Å². The van der Waals surface area contributed by atoms with Crippen molar-refractivity contribution in [2.75, 3.05) is 17.2 Å². The molecule has 8 heteroatoms. The van der Waals surface area contributed by atoms with E-state index in [9.17, 15) is 9.59 Å². The van der Waals surface area contributed by atoms with Crippen molar-refractivity contribution in [3.05, 3.63) is 48.2 Å². The van der Waals surface area contributed by atoms with Gasteiger partial charge in [0.25, 0.3) is 0 Å². The quantitative estimate of drug-likeness (QED) is 0.610. The Hall–Kier alpha value is -3.55. The third kappa shape index (κ3) is 4.10. The Bertz CT molecular complexity index is 956. The predicted molar refractivity (Wildman–Crippen MR) is 99.8 cm³/mol. The van der Waals surface area contributed by atoms with Gasteiger partial charge in [0.15, 0.2) is 17.2 Å². The molecular formula is C18H18N6O2. The maximum absolute atomic E-state index is 11.6. The molecule has 3 aromatic rings. The van der Waals surface area contributed by atoms with Gasteiger partial charge in [-0.2, -0.15) is 0 Å². The SMILES string of the molecule is CCNC(=O)Nc1ccc2ncc(Nc3ccc(C(C)=O)cc3)nc2n1. The monoisotopic (exact) mass is 350 g/mol. The van der Waals surface area contributed by atoms with Crippen molar-refractivity contribution in [2.45, 2.75) is 13.8 Å². The molecule has 3 N–H and O–H groups in total. The number of rotatable bonds is 5. The van der Waals surface area contributed by atoms with Gasteiger partial charge in [0.1, 0.15) is 11.3 Å². The summed E-state index contributed by atoms with van der Waals surface area (Å²) in [4.78, 5) is 36.0. The number of carbonyl (C=O) groups excluding carboxylic acids is 2. The number of aromatic nitrogens is 3. The number of carbonyl (C=O) groups is 2. The highest BCUT2D eigenvalue weighted by Gasteiger charge is 2.06. The maximum atomic E-state index is 11.6. The maximum Gasteiger partial charge on any atom is 0.320 e. The molecule has 3 rings (SSSR count). The number of urea groups is 1. The third-order valence-corrected chi connectivity index (χ3v) is 3.55. The molecule has 0 fully saturated rings. The molecule has 0 bridgehead atoms. The van der Waals surface area contributed by atoms with Crippen LogP contribution in [0.1, 0.15) is 24.2 Å². The number of hydrogen-bond acceptors (Lipinski definition) is 6. The molecule has 0 spiro atoms. The largest absolute Gasteiger partial charge is 0.339 e. The number of nitrogens with zero attached hydrogens (tertiary/aromatic N) is 3. The zero-order valence-electron chi connectivity index (χ0n) is 14.4. The van der Waals surface area contributed by atoms with E-state index in [0.29, 0.717) is 34.9 Å². The molecule has 26 heavy (non-hydrogen) atoms. The molecule has 0 atom stereocenters. The lowest BCUT2D eigenvalue weighted by atomic mass is 10.1. The van der Waals surface area contributed by atoms with Gasteiger partial charge in [0.05, 0.1) is 6.20 Å². The molecule has 0 aliphatic heterocycles. The molecule has 132 valence electrons. The summed E-state index contributed by atoms with van der Waals surface area (Å²) in [5.41, 5.74) is 2.44. The average molecular weight is 350 g/mol. The normalized spacial score (nSPS) is 10.4. The summed E-state index contributed by atoms with van der Waals surface area (Å²) in [5.74, 6) is 0.912. The zero-order valence-corrected chi connectivity index (χ0v) is 14.4. The topological polar surface area (TPSA) is 109 Å². The van der Waals surface area contributed by atoms with Gasteiger partial charge in [-0.25, -0.2) is 19.7 Å². The van der Waals surface area contributed by atoms with E-state index in [4.69, 9.17) is 0 Å². The van der Waals surface area contributed by atoms with E-state index in [1.807, 2.05) is 6.92 Å². The molecule has 0 saturated heterocycles. The lowest BCUT2D eigenvalue weighted by molar-refractivity contribution is 0.101. The second-order valence-corrected chi connectivity index (χ2v) is 5.54. The number of fused-ring (bicyclic) bond motifs is 1. The summed E-state index contributed by atoms with van der Waals surface area (Å²) >= 11 is 0. The van der Waals surface area contributed by atoms with Crippen molar-refractivity contribution in [1.29, 1.82) is 0 Å². The van der Waals surface area contributed by atoms with Gasteiger partial charge in [0.2, 0.25) is 0 Å². The molecule has 0 aliphatic rings. The number of nitrogens with one attached hydrogen (secondary N) is 3. The number of ketones is 1. The Morgan fingerprint density at radius 1 is 1.00 bits per heavy atom. The van der Waals surface area contributed by atoms with E-state index in [1.165, 1.54) is 6.92 Å². The second kappa shape index (κ2) is 7.56. The standard InChI is InChI=1S/C18H18N6O2/c1-3-19-18(26)24-15-9-8-14-17(22-15)23-16(10-20-14)21-13-6-4-12(5-7-13)11(2)25/h4-10H,3H2,1-2H3,(H3,19,21,22,23,24,26). The van der Waals surface area contributed by atoms with Crippen LogP contribution in [0.4, 0.5) is 22.1 Å². The molecule has 0 saturated carbocycles. The van der Waals surface area contributed by atoms with Crippen LogP contribution in [0.3, 0.4) is 0 Å². The van der Waals surface area contributed by atoms with E-state index in [2.05, 4.69) is 30.9 Å². The van der Waals surface area contributed by atoms with Gasteiger partial charge < -0.3 is 10.6 Å². The lowest BCUT2D eigenvalue weighted by Crippen LogP contribution is -2.28. The van der Waals surface area contributed by atoms with Crippen LogP contribution in [0.25, 0.3) is 11.2 Å². The molecule has 0 radical (unpaired) electrons. The predicted octanol–water partition coefficient (Wildman–Crippen LogP) is 3.11. The molecule has 2 heterocycles. The highest BCUT2D eigenvalue weighted by Crippen LogP contribution is 2.18. The molecule has 2 amide bonds. The lowest BCUT2D eigenvalue weighted by Gasteiger charge is -2.08. The Labute approximate surface area is 150 Å². The summed E-state index contributed by atoms with van der Waals surface area (Å²) < 4.78 is 0. The Kier molecular flexibility index (Phi) is 5.02. The van der Waals surface area contributed by atoms with Crippen LogP contribution in [0.15, 0.2) is 42.6 Å². The minimum atomic E-state index is -0.327. The fourth-order valence-corrected chi connectivity index (χ4v) is 2.28. The summed E-state index contributed by atoms with van der Waals surface area (Å²) in [7, 11) is 0. The first-order valence-electron chi connectivity index (χ1n) is 8.12. The Morgan fingerprint density at radius 3 is 2.42 bits per heavy atom. The number of anilines is 3. The fourth-order valence-electron chi connectivity index (χ4n) is 2.28. The first kappa shape index (κ1) is 17.3. The minimum absolute atomic E-state index is 0.0124. The van der Waals surface area contributed by atoms with Gasteiger partial charge in [-0.05, 0) is 50.2 Å².